The molecular formula is C13H16N2O5. The number of nitrogens with zero attached hydrogens (tertiary/aromatic N) is 2. The smallest absolute Gasteiger partial charge is 0.308 e. The molecule has 1 aromatic heterocycles. The maximum atomic E-state index is 12.5. The van der Waals surface area contributed by atoms with Crippen LogP contribution in [0.5, 0.6) is 0 Å². The number of aromatic nitrogens is 1. The molecule has 3 rings (SSSR count). The Labute approximate surface area is 115 Å². The zero-order valence-corrected chi connectivity index (χ0v) is 11.1. The van der Waals surface area contributed by atoms with Gasteiger partial charge < -0.3 is 19.3 Å². The number of hydrogen-bond acceptors (Lipinski definition) is 5. The van der Waals surface area contributed by atoms with Crippen molar-refractivity contribution in [1.82, 2.24) is 10.1 Å². The molecule has 7 heteroatoms. The van der Waals surface area contributed by atoms with Crippen LogP contribution >= 0.6 is 0 Å². The predicted octanol–water partition coefficient (Wildman–Crippen LogP) is 0.899. The number of methoxy groups -OCH3 is 1. The number of carbonyl (C=O) groups is 2. The molecule has 0 aliphatic carbocycles. The van der Waals surface area contributed by atoms with Crippen LogP contribution in [0.4, 0.5) is 0 Å². The van der Waals surface area contributed by atoms with Crippen LogP contribution in [-0.2, 0) is 16.1 Å². The van der Waals surface area contributed by atoms with E-state index in [9.17, 15) is 14.7 Å². The molecular weight excluding hydrogens is 264 g/mol. The lowest BCUT2D eigenvalue weighted by Gasteiger charge is -2.21. The molecule has 2 saturated heterocycles. The van der Waals surface area contributed by atoms with Crippen LogP contribution in [0.25, 0.3) is 0 Å². The lowest BCUT2D eigenvalue weighted by molar-refractivity contribution is -0.142. The Morgan fingerprint density at radius 1 is 1.55 bits per heavy atom. The minimum absolute atomic E-state index is 0.0103. The van der Waals surface area contributed by atoms with Crippen LogP contribution in [0, 0.1) is 5.92 Å². The van der Waals surface area contributed by atoms with Gasteiger partial charge >= 0.3 is 5.97 Å². The summed E-state index contributed by atoms with van der Waals surface area (Å²) >= 11 is 0. The Balaban J connectivity index is 1.79. The van der Waals surface area contributed by atoms with Crippen molar-refractivity contribution in [2.75, 3.05) is 7.11 Å². The molecule has 20 heavy (non-hydrogen) atoms. The molecule has 108 valence electrons. The SMILES string of the molecule is COCc1cc(C(=O)N2C3CCC2C(C(=O)O)C3)no1. The van der Waals surface area contributed by atoms with E-state index < -0.39 is 11.9 Å². The lowest BCUT2D eigenvalue weighted by atomic mass is 9.89. The van der Waals surface area contributed by atoms with Crippen molar-refractivity contribution in [1.29, 1.82) is 0 Å². The molecule has 0 aromatic carbocycles. The molecule has 3 unspecified atom stereocenters. The van der Waals surface area contributed by atoms with Crippen LogP contribution in [0.3, 0.4) is 0 Å². The summed E-state index contributed by atoms with van der Waals surface area (Å²) in [6.07, 6.45) is 2.15. The fourth-order valence-corrected chi connectivity index (χ4v) is 3.33. The van der Waals surface area contributed by atoms with Crippen LogP contribution < -0.4 is 0 Å². The van der Waals surface area contributed by atoms with E-state index in [-0.39, 0.29) is 30.3 Å². The average molecular weight is 280 g/mol. The summed E-state index contributed by atoms with van der Waals surface area (Å²) < 4.78 is 9.93. The normalized spacial score (nSPS) is 28.1. The predicted molar refractivity (Wildman–Crippen MR) is 65.9 cm³/mol. The van der Waals surface area contributed by atoms with Crippen molar-refractivity contribution in [3.63, 3.8) is 0 Å². The summed E-state index contributed by atoms with van der Waals surface area (Å²) in [5, 5.41) is 12.9. The summed E-state index contributed by atoms with van der Waals surface area (Å²) in [5.41, 5.74) is 0.222. The summed E-state index contributed by atoms with van der Waals surface area (Å²) in [7, 11) is 1.53. The Kier molecular flexibility index (Phi) is 3.21. The number of rotatable bonds is 4. The Morgan fingerprint density at radius 3 is 3.00 bits per heavy atom. The molecule has 3 atom stereocenters. The minimum atomic E-state index is -0.824. The van der Waals surface area contributed by atoms with E-state index in [0.717, 1.165) is 12.8 Å². The molecule has 0 radical (unpaired) electrons. The lowest BCUT2D eigenvalue weighted by Crippen LogP contribution is -2.38. The third-order valence-electron chi connectivity index (χ3n) is 4.15. The number of carboxylic acid groups (broad SMARTS) is 1. The first-order chi connectivity index (χ1) is 9.61. The summed E-state index contributed by atoms with van der Waals surface area (Å²) in [6.45, 7) is 0.255. The molecule has 2 fully saturated rings. The van der Waals surface area contributed by atoms with Gasteiger partial charge in [-0.25, -0.2) is 0 Å². The number of carboxylic acids is 1. The van der Waals surface area contributed by atoms with Gasteiger partial charge in [-0.2, -0.15) is 0 Å². The van der Waals surface area contributed by atoms with Crippen molar-refractivity contribution >= 4 is 11.9 Å². The molecule has 2 aliphatic heterocycles. The first-order valence-corrected chi connectivity index (χ1v) is 6.61. The van der Waals surface area contributed by atoms with Gasteiger partial charge in [0.25, 0.3) is 5.91 Å². The van der Waals surface area contributed by atoms with E-state index in [4.69, 9.17) is 9.26 Å². The highest BCUT2D eigenvalue weighted by Gasteiger charge is 2.51. The topological polar surface area (TPSA) is 92.9 Å². The van der Waals surface area contributed by atoms with E-state index in [0.29, 0.717) is 12.2 Å². The van der Waals surface area contributed by atoms with Crippen LogP contribution in [0.1, 0.15) is 35.5 Å². The van der Waals surface area contributed by atoms with Gasteiger partial charge in [0.05, 0.1) is 5.92 Å². The highest BCUT2D eigenvalue weighted by atomic mass is 16.5. The minimum Gasteiger partial charge on any atom is -0.481 e. The third-order valence-corrected chi connectivity index (χ3v) is 4.15. The average Bonchev–Trinajstić information content (AvgIpc) is 3.11. The van der Waals surface area contributed by atoms with Crippen molar-refractivity contribution < 1.29 is 24.0 Å². The molecule has 2 bridgehead atoms. The molecule has 2 aliphatic rings. The highest BCUT2D eigenvalue weighted by Crippen LogP contribution is 2.42. The van der Waals surface area contributed by atoms with Gasteiger partial charge in [0.2, 0.25) is 0 Å². The van der Waals surface area contributed by atoms with Gasteiger partial charge in [-0.1, -0.05) is 5.16 Å². The summed E-state index contributed by atoms with van der Waals surface area (Å²) in [5.74, 6) is -1.04. The van der Waals surface area contributed by atoms with Crippen LogP contribution in [-0.4, -0.2) is 46.2 Å². The quantitative estimate of drug-likeness (QED) is 0.880. The Bertz CT molecular complexity index is 541. The maximum Gasteiger partial charge on any atom is 0.308 e. The van der Waals surface area contributed by atoms with Crippen LogP contribution in [0.15, 0.2) is 10.6 Å². The fourth-order valence-electron chi connectivity index (χ4n) is 3.33. The number of ether oxygens (including phenoxy) is 1. The van der Waals surface area contributed by atoms with Crippen LogP contribution in [0.2, 0.25) is 0 Å². The van der Waals surface area contributed by atoms with E-state index in [1.807, 2.05) is 0 Å². The maximum absolute atomic E-state index is 12.5. The van der Waals surface area contributed by atoms with Gasteiger partial charge in [0, 0.05) is 25.3 Å². The molecule has 0 saturated carbocycles. The van der Waals surface area contributed by atoms with Crippen molar-refractivity contribution in [3.05, 3.63) is 17.5 Å². The zero-order valence-electron chi connectivity index (χ0n) is 11.1. The Morgan fingerprint density at radius 2 is 2.35 bits per heavy atom. The number of hydrogen-bond donors (Lipinski definition) is 1. The number of fused-ring (bicyclic) bond motifs is 2. The fraction of sp³-hybridized carbons (Fsp3) is 0.615. The second kappa shape index (κ2) is 4.90. The number of aliphatic carboxylic acids is 1. The third kappa shape index (κ3) is 1.98. The molecule has 1 aromatic rings. The van der Waals surface area contributed by atoms with E-state index in [1.54, 1.807) is 11.0 Å². The first kappa shape index (κ1) is 13.1. The number of amides is 1. The largest absolute Gasteiger partial charge is 0.481 e. The van der Waals surface area contributed by atoms with E-state index in [1.165, 1.54) is 7.11 Å². The van der Waals surface area contributed by atoms with Gasteiger partial charge in [0.1, 0.15) is 6.61 Å². The van der Waals surface area contributed by atoms with Gasteiger partial charge in [0.15, 0.2) is 11.5 Å². The second-order valence-corrected chi connectivity index (χ2v) is 5.30. The van der Waals surface area contributed by atoms with Gasteiger partial charge in [-0.3, -0.25) is 9.59 Å². The summed E-state index contributed by atoms with van der Waals surface area (Å²) in [6, 6.07) is 1.35. The molecule has 0 spiro atoms. The van der Waals surface area contributed by atoms with Crippen molar-refractivity contribution in [2.45, 2.75) is 38.0 Å². The number of carbonyl (C=O) groups excluding carboxylic acids is 1. The monoisotopic (exact) mass is 280 g/mol. The standard InChI is InChI=1S/C13H16N2O5/c1-19-6-8-5-10(14-20-8)12(16)15-7-2-3-11(15)9(4-7)13(17)18/h5,7,9,11H,2-4,6H2,1H3,(H,17,18). The zero-order chi connectivity index (χ0) is 14.3. The second-order valence-electron chi connectivity index (χ2n) is 5.30. The molecule has 3 heterocycles. The molecule has 7 nitrogen and oxygen atoms in total. The summed E-state index contributed by atoms with van der Waals surface area (Å²) in [4.78, 5) is 25.3. The highest BCUT2D eigenvalue weighted by molar-refractivity contribution is 5.93. The first-order valence-electron chi connectivity index (χ1n) is 6.61. The van der Waals surface area contributed by atoms with Gasteiger partial charge in [-0.05, 0) is 19.3 Å². The molecule has 1 amide bonds. The van der Waals surface area contributed by atoms with Crippen molar-refractivity contribution in [2.24, 2.45) is 5.92 Å². The van der Waals surface area contributed by atoms with Crippen molar-refractivity contribution in [3.8, 4) is 0 Å². The van der Waals surface area contributed by atoms with E-state index in [2.05, 4.69) is 5.16 Å². The van der Waals surface area contributed by atoms with E-state index >= 15 is 0 Å². The molecule has 1 N–H and O–H groups in total. The Hall–Kier alpha value is -1.89. The van der Waals surface area contributed by atoms with Gasteiger partial charge in [-0.15, -0.1) is 0 Å².